The first-order chi connectivity index (χ1) is 74.5. The minimum atomic E-state index is -0.0517. The molecule has 0 unspecified atom stereocenters. The minimum Gasteiger partial charge on any atom is -0.455 e. The Balaban J connectivity index is 0.000000104. The lowest BCUT2D eigenvalue weighted by atomic mass is 9.76. The zero-order chi connectivity index (χ0) is 98.5. The number of fused-ring (bicyclic) bond motifs is 39. The lowest BCUT2D eigenvalue weighted by Crippen LogP contribution is -2.14. The summed E-state index contributed by atoms with van der Waals surface area (Å²) in [6.45, 7) is 0. The monoisotopic (exact) mass is 1900 g/mol. The number of ether oxygens (including phenoxy) is 3. The van der Waals surface area contributed by atoms with Gasteiger partial charge in [-0.05, 0) is 208 Å². The average molecular weight is 1910 g/mol. The molecule has 0 saturated carbocycles. The predicted molar refractivity (Wildman–Crippen MR) is 631 cm³/mol. The highest BCUT2D eigenvalue weighted by Crippen LogP contribution is 2.63. The molecule has 32 rings (SSSR count). The highest BCUT2D eigenvalue weighted by molar-refractivity contribution is 6.22. The standard InChI is InChI=1S/2C51H32O.C45H28O/c1-2-14-32(15-3-1)36-26-12-16-34-17-13-27-37(46(34)36)33-28-30-35(31-29-33)47-48-42-22-8-4-18-38(42)40-20-6-10-24-44(40)50(48)52-51-45-25-11-7-21-41(45)39-19-5-9-23-43(39)49(47)51;1-2-14-32(15-3-1)35-30-31-36(38-17-5-4-16-37(35)38)33-26-28-34(29-27-33)47-48-43-22-10-6-18-39(43)41-20-8-12-24-45(41)50(48)52-51-46-25-13-9-21-42(46)40-19-7-11-23-44(40)49(47)51;1-2-12-31-27-32(26-23-28(31)11-1)29-21-24-30(25-22-29)41-42-37-17-7-3-13-33(37)35-15-5-9-19-39(35)44(42)46-45-40-20-10-6-16-36(40)34-14-4-8-18-38(34)43(41)45/h2*1-31,47H;1-27,41H. The predicted octanol–water partition coefficient (Wildman–Crippen LogP) is 40.6. The van der Waals surface area contributed by atoms with Gasteiger partial charge in [-0.25, -0.2) is 0 Å². The van der Waals surface area contributed by atoms with Crippen molar-refractivity contribution in [1.29, 1.82) is 0 Å². The van der Waals surface area contributed by atoms with Crippen molar-refractivity contribution in [1.82, 2.24) is 0 Å². The van der Waals surface area contributed by atoms with Crippen LogP contribution in [0.4, 0.5) is 0 Å². The van der Waals surface area contributed by atoms with Gasteiger partial charge in [0.05, 0.1) is 0 Å². The second kappa shape index (κ2) is 35.3. The maximum absolute atomic E-state index is 7.27. The summed E-state index contributed by atoms with van der Waals surface area (Å²) in [5.74, 6) is 5.64. The fraction of sp³-hybridized carbons (Fsp3) is 0.0204. The van der Waals surface area contributed by atoms with Crippen molar-refractivity contribution >= 4 is 162 Å². The lowest BCUT2D eigenvalue weighted by Gasteiger charge is -2.33. The lowest BCUT2D eigenvalue weighted by molar-refractivity contribution is 0.467. The normalized spacial score (nSPS) is 12.7. The van der Waals surface area contributed by atoms with Gasteiger partial charge in [0.2, 0.25) is 0 Å². The van der Waals surface area contributed by atoms with E-state index < -0.39 is 0 Å². The van der Waals surface area contributed by atoms with Crippen LogP contribution in [0.5, 0.6) is 34.5 Å². The van der Waals surface area contributed by atoms with E-state index >= 15 is 0 Å². The van der Waals surface area contributed by atoms with Gasteiger partial charge in [-0.2, -0.15) is 0 Å². The molecule has 0 saturated heterocycles. The van der Waals surface area contributed by atoms with E-state index in [4.69, 9.17) is 14.2 Å². The first-order valence-corrected chi connectivity index (χ1v) is 52.1. The van der Waals surface area contributed by atoms with Crippen LogP contribution in [0.3, 0.4) is 0 Å². The van der Waals surface area contributed by atoms with Gasteiger partial charge in [0.15, 0.2) is 0 Å². The first kappa shape index (κ1) is 86.2. The van der Waals surface area contributed by atoms with Gasteiger partial charge in [-0.3, -0.25) is 0 Å². The molecule has 0 spiro atoms. The fourth-order valence-electron chi connectivity index (χ4n) is 25.7. The molecule has 29 aromatic rings. The van der Waals surface area contributed by atoms with E-state index in [2.05, 4.69) is 540 Å². The molecule has 0 N–H and O–H groups in total. The summed E-state index contributed by atoms with van der Waals surface area (Å²) < 4.78 is 21.7. The van der Waals surface area contributed by atoms with Crippen LogP contribution in [-0.2, 0) is 0 Å². The quantitative estimate of drug-likeness (QED) is 0.142. The van der Waals surface area contributed by atoms with Gasteiger partial charge >= 0.3 is 0 Å². The third kappa shape index (κ3) is 13.7. The van der Waals surface area contributed by atoms with Gasteiger partial charge in [0.1, 0.15) is 34.5 Å². The second-order valence-corrected chi connectivity index (χ2v) is 40.2. The summed E-state index contributed by atoms with van der Waals surface area (Å²) in [6.07, 6.45) is 0. The van der Waals surface area contributed by atoms with Crippen LogP contribution in [0.25, 0.3) is 217 Å². The molecule has 0 atom stereocenters. The zero-order valence-corrected chi connectivity index (χ0v) is 81.8. The molecule has 3 heteroatoms. The number of benzene rings is 29. The maximum atomic E-state index is 7.27. The highest BCUT2D eigenvalue weighted by Gasteiger charge is 2.40. The van der Waals surface area contributed by atoms with Gasteiger partial charge in [0, 0.05) is 83.5 Å². The summed E-state index contributed by atoms with van der Waals surface area (Å²) in [6, 6.07) is 197. The molecule has 0 fully saturated rings. The molecular weight excluding hydrogens is 1810 g/mol. The largest absolute Gasteiger partial charge is 0.455 e. The fourth-order valence-corrected chi connectivity index (χ4v) is 25.7. The Hall–Kier alpha value is -19.3. The summed E-state index contributed by atoms with van der Waals surface area (Å²) in [5, 5.41) is 36.6. The summed E-state index contributed by atoms with van der Waals surface area (Å²) in [5.41, 5.74) is 23.5. The van der Waals surface area contributed by atoms with Crippen molar-refractivity contribution in [2.45, 2.75) is 17.8 Å². The summed E-state index contributed by atoms with van der Waals surface area (Å²) in [4.78, 5) is 0. The molecule has 3 aliphatic rings. The Kier molecular flexibility index (Phi) is 20.3. The van der Waals surface area contributed by atoms with Crippen LogP contribution in [0, 0.1) is 0 Å². The van der Waals surface area contributed by atoms with E-state index in [0.29, 0.717) is 0 Å². The molecule has 0 radical (unpaired) electrons. The van der Waals surface area contributed by atoms with E-state index in [1.165, 1.54) is 235 Å². The Labute approximate surface area is 867 Å². The Morgan fingerprint density at radius 3 is 0.600 bits per heavy atom. The molecule has 698 valence electrons. The van der Waals surface area contributed by atoms with Gasteiger partial charge in [-0.15, -0.1) is 0 Å². The third-order valence-electron chi connectivity index (χ3n) is 32.3. The topological polar surface area (TPSA) is 27.7 Å². The van der Waals surface area contributed by atoms with Gasteiger partial charge in [0.25, 0.3) is 0 Å². The van der Waals surface area contributed by atoms with Crippen molar-refractivity contribution < 1.29 is 14.2 Å². The molecule has 3 heterocycles. The molecule has 0 amide bonds. The van der Waals surface area contributed by atoms with Crippen LogP contribution in [-0.4, -0.2) is 0 Å². The van der Waals surface area contributed by atoms with Crippen LogP contribution < -0.4 is 14.2 Å². The van der Waals surface area contributed by atoms with E-state index in [-0.39, 0.29) is 17.8 Å². The molecule has 3 nitrogen and oxygen atoms in total. The average Bonchev–Trinajstić information content (AvgIpc) is 0.704. The van der Waals surface area contributed by atoms with E-state index in [1.54, 1.807) is 0 Å². The summed E-state index contributed by atoms with van der Waals surface area (Å²) >= 11 is 0. The molecule has 0 bridgehead atoms. The number of hydrogen-bond acceptors (Lipinski definition) is 3. The van der Waals surface area contributed by atoms with Gasteiger partial charge < -0.3 is 14.2 Å². The Bertz CT molecular complexity index is 10300. The van der Waals surface area contributed by atoms with E-state index in [0.717, 1.165) is 66.8 Å². The second-order valence-electron chi connectivity index (χ2n) is 40.2. The Morgan fingerprint density at radius 2 is 0.313 bits per heavy atom. The van der Waals surface area contributed by atoms with Crippen molar-refractivity contribution in [3.8, 4) is 90.1 Å². The molecule has 0 aliphatic carbocycles. The molecule has 29 aromatic carbocycles. The van der Waals surface area contributed by atoms with Crippen molar-refractivity contribution in [2.75, 3.05) is 0 Å². The molecule has 3 aliphatic heterocycles. The minimum absolute atomic E-state index is 0.0200. The first-order valence-electron chi connectivity index (χ1n) is 52.1. The molecular formula is C147H92O3. The number of hydrogen-bond donors (Lipinski definition) is 0. The smallest absolute Gasteiger partial charge is 0.140 e. The van der Waals surface area contributed by atoms with Crippen LogP contribution in [0.2, 0.25) is 0 Å². The SMILES string of the molecule is c1ccc(-c2ccc(-c3ccc(C4c5c(c6ccccc6c6ccccc56)Oc5c4c4ccccc4c4ccccc54)cc3)c3ccccc23)cc1.c1ccc(-c2cccc3cccc(-c4ccc(C5c6c(c7ccccc7c7ccccc67)Oc6c5c5ccccc5c5ccccc65)cc4)c23)cc1.c1ccc2cc(-c3ccc(C4c5c(c6ccccc6c6ccccc56)Oc5c4c4ccccc4c4ccccc54)cc3)ccc2c1. The van der Waals surface area contributed by atoms with Crippen molar-refractivity contribution in [2.24, 2.45) is 0 Å². The third-order valence-corrected chi connectivity index (χ3v) is 32.3. The van der Waals surface area contributed by atoms with E-state index in [1.807, 2.05) is 0 Å². The van der Waals surface area contributed by atoms with Crippen molar-refractivity contribution in [3.63, 3.8) is 0 Å². The highest BCUT2D eigenvalue weighted by atomic mass is 16.5. The molecule has 150 heavy (non-hydrogen) atoms. The van der Waals surface area contributed by atoms with Crippen LogP contribution in [0.1, 0.15) is 67.8 Å². The van der Waals surface area contributed by atoms with E-state index in [9.17, 15) is 0 Å². The molecule has 0 aromatic heterocycles. The maximum Gasteiger partial charge on any atom is 0.140 e. The van der Waals surface area contributed by atoms with Gasteiger partial charge in [-0.1, -0.05) is 534 Å². The van der Waals surface area contributed by atoms with Crippen molar-refractivity contribution in [3.05, 3.63) is 590 Å². The number of rotatable bonds is 8. The zero-order valence-electron chi connectivity index (χ0n) is 81.8. The summed E-state index contributed by atoms with van der Waals surface area (Å²) in [7, 11) is 0. The van der Waals surface area contributed by atoms with Crippen LogP contribution >= 0.6 is 0 Å². The van der Waals surface area contributed by atoms with Crippen LogP contribution in [0.15, 0.2) is 540 Å². The Morgan fingerprint density at radius 1 is 0.113 bits per heavy atom.